The van der Waals surface area contributed by atoms with Crippen LogP contribution in [0.2, 0.25) is 0 Å². The molecule has 1 atom stereocenters. The summed E-state index contributed by atoms with van der Waals surface area (Å²) in [6.07, 6.45) is 4.38. The first-order valence-electron chi connectivity index (χ1n) is 10.8. The highest BCUT2D eigenvalue weighted by Crippen LogP contribution is 2.09. The average molecular weight is 441 g/mol. The van der Waals surface area contributed by atoms with E-state index in [0.717, 1.165) is 16.9 Å². The van der Waals surface area contributed by atoms with E-state index in [1.54, 1.807) is 19.1 Å². The predicted octanol–water partition coefficient (Wildman–Crippen LogP) is 1.07. The maximum Gasteiger partial charge on any atom is 0.252 e. The molecule has 4 amide bonds. The van der Waals surface area contributed by atoms with Crippen molar-refractivity contribution in [2.75, 3.05) is 40.4 Å². The molecule has 0 fully saturated rings. The number of ether oxygens (including phenoxy) is 1. The van der Waals surface area contributed by atoms with Crippen molar-refractivity contribution in [3.05, 3.63) is 11.6 Å². The van der Waals surface area contributed by atoms with E-state index < -0.39 is 11.9 Å². The van der Waals surface area contributed by atoms with Crippen molar-refractivity contribution in [1.82, 2.24) is 15.1 Å². The lowest BCUT2D eigenvalue weighted by molar-refractivity contribution is -0.137. The van der Waals surface area contributed by atoms with Gasteiger partial charge in [0.05, 0.1) is 0 Å². The summed E-state index contributed by atoms with van der Waals surface area (Å²) in [6, 6.07) is -0.671. The number of carbonyl (C=O) groups excluding carboxylic acids is 4. The number of rotatable bonds is 16. The monoisotopic (exact) mass is 440 g/mol. The van der Waals surface area contributed by atoms with Gasteiger partial charge in [0.1, 0.15) is 6.04 Å². The van der Waals surface area contributed by atoms with E-state index in [1.165, 1.54) is 6.08 Å². The van der Waals surface area contributed by atoms with Gasteiger partial charge in [0.15, 0.2) is 0 Å². The van der Waals surface area contributed by atoms with Crippen LogP contribution in [-0.2, 0) is 23.9 Å². The third-order valence-corrected chi connectivity index (χ3v) is 5.05. The third kappa shape index (κ3) is 12.2. The molecule has 0 bridgehead atoms. The van der Waals surface area contributed by atoms with Crippen LogP contribution < -0.4 is 11.1 Å². The number of hydrogen-bond acceptors (Lipinski definition) is 6. The number of unbranched alkanes of at least 4 members (excludes halogenated alkanes) is 1. The summed E-state index contributed by atoms with van der Waals surface area (Å²) in [5.41, 5.74) is 6.39. The number of likely N-dealkylation sites (N-methyl/N-ethyl adjacent to an activating group) is 1. The molecule has 0 aromatic heterocycles. The van der Waals surface area contributed by atoms with Gasteiger partial charge in [-0.05, 0) is 45.1 Å². The molecule has 0 heterocycles. The number of nitrogens with one attached hydrogen (secondary N) is 1. The van der Waals surface area contributed by atoms with E-state index in [-0.39, 0.29) is 30.7 Å². The molecular formula is C22H40N4O5. The van der Waals surface area contributed by atoms with Crippen LogP contribution in [0.3, 0.4) is 0 Å². The van der Waals surface area contributed by atoms with Crippen LogP contribution in [0.25, 0.3) is 0 Å². The van der Waals surface area contributed by atoms with Crippen molar-refractivity contribution in [1.29, 1.82) is 0 Å². The summed E-state index contributed by atoms with van der Waals surface area (Å²) in [6.45, 7) is 7.24. The molecule has 0 saturated heterocycles. The summed E-state index contributed by atoms with van der Waals surface area (Å²) >= 11 is 0. The molecule has 0 rings (SSSR count). The fourth-order valence-corrected chi connectivity index (χ4v) is 2.72. The molecule has 0 radical (unpaired) electrons. The molecule has 0 aliphatic carbocycles. The first-order chi connectivity index (χ1) is 14.7. The van der Waals surface area contributed by atoms with Crippen LogP contribution in [0.4, 0.5) is 0 Å². The Balaban J connectivity index is 4.92. The van der Waals surface area contributed by atoms with Gasteiger partial charge in [0, 0.05) is 46.4 Å². The molecule has 3 N–H and O–H groups in total. The van der Waals surface area contributed by atoms with Crippen LogP contribution in [0, 0.1) is 5.92 Å². The standard InChI is InChI=1S/C22H40N4O5/c1-17(2)18(3)15-21(29)26(16-27)13-10-20(28)24-19(9-6-7-11-23)22(30)25(4)12-8-14-31-5/h15-17,19H,6-14,23H2,1-5H3,(H,24,28)/b18-15+. The number of nitrogens with zero attached hydrogens (tertiary/aromatic N) is 2. The maximum atomic E-state index is 12.8. The smallest absolute Gasteiger partial charge is 0.252 e. The number of allylic oxidation sites excluding steroid dienone is 1. The van der Waals surface area contributed by atoms with Gasteiger partial charge < -0.3 is 20.7 Å². The summed E-state index contributed by atoms with van der Waals surface area (Å²) in [7, 11) is 3.29. The van der Waals surface area contributed by atoms with Crippen LogP contribution in [0.1, 0.15) is 52.9 Å². The van der Waals surface area contributed by atoms with E-state index in [9.17, 15) is 19.2 Å². The molecule has 9 nitrogen and oxygen atoms in total. The molecule has 0 aromatic rings. The first kappa shape index (κ1) is 28.7. The van der Waals surface area contributed by atoms with Crippen LogP contribution >= 0.6 is 0 Å². The fraction of sp³-hybridized carbons (Fsp3) is 0.727. The molecule has 0 aliphatic heterocycles. The Kier molecular flexibility index (Phi) is 15.2. The molecule has 9 heteroatoms. The lowest BCUT2D eigenvalue weighted by Crippen LogP contribution is -2.48. The third-order valence-electron chi connectivity index (χ3n) is 5.05. The number of methoxy groups -OCH3 is 1. The van der Waals surface area contributed by atoms with Gasteiger partial charge in [-0.15, -0.1) is 0 Å². The Morgan fingerprint density at radius 3 is 2.35 bits per heavy atom. The highest BCUT2D eigenvalue weighted by molar-refractivity contribution is 5.95. The Morgan fingerprint density at radius 2 is 1.81 bits per heavy atom. The highest BCUT2D eigenvalue weighted by atomic mass is 16.5. The van der Waals surface area contributed by atoms with Gasteiger partial charge in [-0.2, -0.15) is 0 Å². The van der Waals surface area contributed by atoms with Crippen molar-refractivity contribution in [2.24, 2.45) is 11.7 Å². The lowest BCUT2D eigenvalue weighted by atomic mass is 10.1. The largest absolute Gasteiger partial charge is 0.385 e. The molecule has 178 valence electrons. The van der Waals surface area contributed by atoms with Crippen molar-refractivity contribution in [3.8, 4) is 0 Å². The van der Waals surface area contributed by atoms with E-state index in [4.69, 9.17) is 10.5 Å². The Labute approximate surface area is 186 Å². The number of hydrogen-bond donors (Lipinski definition) is 2. The average Bonchev–Trinajstić information content (AvgIpc) is 2.72. The molecule has 0 aliphatic rings. The number of amides is 4. The van der Waals surface area contributed by atoms with E-state index in [2.05, 4.69) is 5.32 Å². The second kappa shape index (κ2) is 16.4. The van der Waals surface area contributed by atoms with Crippen molar-refractivity contribution >= 4 is 24.1 Å². The molecule has 0 aromatic carbocycles. The minimum absolute atomic E-state index is 0.0522. The number of imide groups is 1. The van der Waals surface area contributed by atoms with E-state index >= 15 is 0 Å². The Bertz CT molecular complexity index is 607. The van der Waals surface area contributed by atoms with Crippen molar-refractivity contribution < 1.29 is 23.9 Å². The van der Waals surface area contributed by atoms with Crippen molar-refractivity contribution in [3.63, 3.8) is 0 Å². The Morgan fingerprint density at radius 1 is 1.13 bits per heavy atom. The van der Waals surface area contributed by atoms with Gasteiger partial charge in [-0.3, -0.25) is 24.1 Å². The second-order valence-corrected chi connectivity index (χ2v) is 7.94. The SMILES string of the molecule is COCCCN(C)C(=O)C(CCCCN)NC(=O)CCN(C=O)C(=O)/C=C(\C)C(C)C. The molecule has 1 unspecified atom stereocenters. The minimum Gasteiger partial charge on any atom is -0.385 e. The normalized spacial score (nSPS) is 12.4. The topological polar surface area (TPSA) is 122 Å². The molecule has 0 spiro atoms. The van der Waals surface area contributed by atoms with Crippen molar-refractivity contribution in [2.45, 2.75) is 58.9 Å². The van der Waals surface area contributed by atoms with Crippen LogP contribution in [0.5, 0.6) is 0 Å². The molecular weight excluding hydrogens is 400 g/mol. The summed E-state index contributed by atoms with van der Waals surface area (Å²) in [4.78, 5) is 51.3. The van der Waals surface area contributed by atoms with Crippen LogP contribution in [0.15, 0.2) is 11.6 Å². The summed E-state index contributed by atoms with van der Waals surface area (Å²) in [5, 5.41) is 2.75. The summed E-state index contributed by atoms with van der Waals surface area (Å²) < 4.78 is 5.01. The lowest BCUT2D eigenvalue weighted by Gasteiger charge is -2.25. The first-order valence-corrected chi connectivity index (χ1v) is 10.8. The van der Waals surface area contributed by atoms with E-state index in [0.29, 0.717) is 45.4 Å². The van der Waals surface area contributed by atoms with Gasteiger partial charge in [0.2, 0.25) is 18.2 Å². The zero-order valence-electron chi connectivity index (χ0n) is 19.7. The molecule has 0 saturated carbocycles. The predicted molar refractivity (Wildman–Crippen MR) is 120 cm³/mol. The quantitative estimate of drug-likeness (QED) is 0.210. The molecule has 31 heavy (non-hydrogen) atoms. The van der Waals surface area contributed by atoms with E-state index in [1.807, 2.05) is 20.8 Å². The second-order valence-electron chi connectivity index (χ2n) is 7.94. The highest BCUT2D eigenvalue weighted by Gasteiger charge is 2.24. The summed E-state index contributed by atoms with van der Waals surface area (Å²) in [5.74, 6) is -0.842. The van der Waals surface area contributed by atoms with Gasteiger partial charge in [-0.25, -0.2) is 0 Å². The Hall–Kier alpha value is -2.26. The maximum absolute atomic E-state index is 12.8. The number of nitrogens with two attached hydrogens (primary N) is 1. The van der Waals surface area contributed by atoms with Crippen LogP contribution in [-0.4, -0.2) is 80.4 Å². The van der Waals surface area contributed by atoms with Gasteiger partial charge in [-0.1, -0.05) is 19.4 Å². The number of carbonyl (C=O) groups is 4. The van der Waals surface area contributed by atoms with Gasteiger partial charge >= 0.3 is 0 Å². The zero-order valence-corrected chi connectivity index (χ0v) is 19.7. The fourth-order valence-electron chi connectivity index (χ4n) is 2.72. The zero-order chi connectivity index (χ0) is 23.8. The minimum atomic E-state index is -0.671. The van der Waals surface area contributed by atoms with Gasteiger partial charge in [0.25, 0.3) is 5.91 Å².